The maximum absolute atomic E-state index is 12.0. The Bertz CT molecular complexity index is 394. The van der Waals surface area contributed by atoms with E-state index in [1.807, 2.05) is 0 Å². The van der Waals surface area contributed by atoms with E-state index in [-0.39, 0.29) is 18.8 Å². The lowest BCUT2D eigenvalue weighted by Crippen LogP contribution is -2.16. The molecule has 2 unspecified atom stereocenters. The molecule has 1 rings (SSSR count). The molecule has 0 saturated heterocycles. The molecule has 0 heterocycles. The van der Waals surface area contributed by atoms with Crippen LogP contribution < -0.4 is 5.30 Å². The minimum atomic E-state index is -3.50. The molecule has 0 aromatic heterocycles. The minimum Gasteiger partial charge on any atom is -0.341 e. The normalized spacial score (nSPS) is 15.7. The van der Waals surface area contributed by atoms with Crippen molar-refractivity contribution in [2.75, 3.05) is 0 Å². The second kappa shape index (κ2) is 6.41. The molecule has 3 nitrogen and oxygen atoms in total. The van der Waals surface area contributed by atoms with Gasteiger partial charge >= 0.3 is 0 Å². The van der Waals surface area contributed by atoms with Gasteiger partial charge in [-0.15, -0.1) is 12.4 Å². The lowest BCUT2D eigenvalue weighted by Gasteiger charge is -2.17. The van der Waals surface area contributed by atoms with Gasteiger partial charge in [-0.2, -0.15) is 0 Å². The van der Waals surface area contributed by atoms with Gasteiger partial charge in [0, 0.05) is 17.4 Å². The van der Waals surface area contributed by atoms with Crippen LogP contribution in [-0.4, -0.2) is 15.8 Å². The highest BCUT2D eigenvalue weighted by molar-refractivity contribution is 7.66. The molecule has 0 aliphatic carbocycles. The van der Waals surface area contributed by atoms with E-state index in [9.17, 15) is 14.3 Å². The summed E-state index contributed by atoms with van der Waals surface area (Å²) < 4.78 is 12.0. The largest absolute Gasteiger partial charge is 0.341 e. The molecule has 16 heavy (non-hydrogen) atoms. The summed E-state index contributed by atoms with van der Waals surface area (Å²) in [6.07, 6.45) is -0.0930. The van der Waals surface area contributed by atoms with E-state index in [0.29, 0.717) is 5.30 Å². The first-order chi connectivity index (χ1) is 6.94. The van der Waals surface area contributed by atoms with Crippen molar-refractivity contribution in [1.29, 1.82) is 0 Å². The Morgan fingerprint density at radius 3 is 2.38 bits per heavy atom. The minimum absolute atomic E-state index is 0. The van der Waals surface area contributed by atoms with Gasteiger partial charge in [0.15, 0.2) is 0 Å². The molecule has 1 aromatic carbocycles. The average molecular weight is 283 g/mol. The predicted octanol–water partition coefficient (Wildman–Crippen LogP) is 2.55. The second-order valence-electron chi connectivity index (χ2n) is 3.37. The molecule has 90 valence electrons. The highest BCUT2D eigenvalue weighted by Gasteiger charge is 2.30. The number of carbonyl (C=O) groups excluding carboxylic acids is 1. The summed E-state index contributed by atoms with van der Waals surface area (Å²) in [5.74, 6) is 0. The summed E-state index contributed by atoms with van der Waals surface area (Å²) >= 11 is 5.20. The number of rotatable bonds is 4. The van der Waals surface area contributed by atoms with Gasteiger partial charge in [-0.1, -0.05) is 25.1 Å². The third-order valence-corrected chi connectivity index (χ3v) is 4.75. The molecule has 0 spiro atoms. The molecule has 1 aromatic rings. The molecule has 0 aliphatic heterocycles. The first-order valence-electron chi connectivity index (χ1n) is 4.51. The van der Waals surface area contributed by atoms with E-state index in [1.54, 1.807) is 37.3 Å². The summed E-state index contributed by atoms with van der Waals surface area (Å²) in [5.41, 5.74) is -0.648. The first kappa shape index (κ1) is 15.7. The molecule has 1 N–H and O–H groups in total. The van der Waals surface area contributed by atoms with Crippen molar-refractivity contribution in [2.45, 2.75) is 19.0 Å². The van der Waals surface area contributed by atoms with Crippen molar-refractivity contribution in [3.8, 4) is 0 Å². The molecule has 0 amide bonds. The molecule has 0 bridgehead atoms. The SMILES string of the molecule is CC(CC(=O)Cl)P(=O)(O)c1ccccc1.Cl. The van der Waals surface area contributed by atoms with Gasteiger partial charge in [0.1, 0.15) is 0 Å². The van der Waals surface area contributed by atoms with Crippen LogP contribution in [0.3, 0.4) is 0 Å². The smallest absolute Gasteiger partial charge is 0.232 e. The van der Waals surface area contributed by atoms with Crippen LogP contribution in [-0.2, 0) is 9.36 Å². The fourth-order valence-corrected chi connectivity index (χ4v) is 3.11. The van der Waals surface area contributed by atoms with Gasteiger partial charge in [0.25, 0.3) is 0 Å². The standard InChI is InChI=1S/C10H12ClO3P.ClH/c1-8(7-10(11)12)15(13,14)9-5-3-2-4-6-9;/h2-6,8H,7H2,1H3,(H,13,14);1H. The van der Waals surface area contributed by atoms with Gasteiger partial charge in [-0.25, -0.2) is 0 Å². The Hall–Kier alpha value is -0.340. The third kappa shape index (κ3) is 3.91. The van der Waals surface area contributed by atoms with Gasteiger partial charge in [-0.05, 0) is 23.7 Å². The van der Waals surface area contributed by atoms with Crippen LogP contribution >= 0.6 is 31.4 Å². The zero-order chi connectivity index (χ0) is 11.5. The first-order valence-corrected chi connectivity index (χ1v) is 6.61. The van der Waals surface area contributed by atoms with E-state index >= 15 is 0 Å². The van der Waals surface area contributed by atoms with E-state index in [1.165, 1.54) is 0 Å². The van der Waals surface area contributed by atoms with Crippen molar-refractivity contribution in [3.63, 3.8) is 0 Å². The van der Waals surface area contributed by atoms with Crippen LogP contribution in [0.15, 0.2) is 30.3 Å². The maximum Gasteiger partial charge on any atom is 0.232 e. The second-order valence-corrected chi connectivity index (χ2v) is 6.43. The average Bonchev–Trinajstić information content (AvgIpc) is 2.18. The van der Waals surface area contributed by atoms with Crippen molar-refractivity contribution in [3.05, 3.63) is 30.3 Å². The third-order valence-electron chi connectivity index (χ3n) is 2.18. The van der Waals surface area contributed by atoms with Crippen molar-refractivity contribution < 1.29 is 14.3 Å². The van der Waals surface area contributed by atoms with E-state index in [0.717, 1.165) is 0 Å². The topological polar surface area (TPSA) is 54.4 Å². The Kier molecular flexibility index (Phi) is 6.27. The van der Waals surface area contributed by atoms with Crippen molar-refractivity contribution >= 4 is 41.9 Å². The highest BCUT2D eigenvalue weighted by Crippen LogP contribution is 2.46. The number of carbonyl (C=O) groups is 1. The summed E-state index contributed by atoms with van der Waals surface area (Å²) in [5, 5.41) is -0.233. The Labute approximate surface area is 106 Å². The molecule has 0 aliphatic rings. The summed E-state index contributed by atoms with van der Waals surface area (Å²) in [4.78, 5) is 20.5. The molecule has 0 fully saturated rings. The van der Waals surface area contributed by atoms with Crippen LogP contribution in [0.4, 0.5) is 0 Å². The zero-order valence-corrected chi connectivity index (χ0v) is 11.1. The highest BCUT2D eigenvalue weighted by atomic mass is 35.5. The van der Waals surface area contributed by atoms with Crippen LogP contribution in [0.2, 0.25) is 0 Å². The lowest BCUT2D eigenvalue weighted by molar-refractivity contribution is -0.111. The lowest BCUT2D eigenvalue weighted by atomic mass is 10.3. The summed E-state index contributed by atoms with van der Waals surface area (Å²) in [7, 11) is -3.50. The number of benzene rings is 1. The van der Waals surface area contributed by atoms with Crippen LogP contribution in [0, 0.1) is 0 Å². The number of hydrogen-bond donors (Lipinski definition) is 1. The molecule has 2 atom stereocenters. The van der Waals surface area contributed by atoms with Crippen molar-refractivity contribution in [2.24, 2.45) is 0 Å². The van der Waals surface area contributed by atoms with E-state index in [2.05, 4.69) is 0 Å². The number of hydrogen-bond acceptors (Lipinski definition) is 2. The molecular weight excluding hydrogens is 270 g/mol. The van der Waals surface area contributed by atoms with Crippen LogP contribution in [0.1, 0.15) is 13.3 Å². The molecule has 0 radical (unpaired) electrons. The molecule has 0 saturated carbocycles. The molecular formula is C10H13Cl2O3P. The van der Waals surface area contributed by atoms with Crippen LogP contribution in [0.5, 0.6) is 0 Å². The quantitative estimate of drug-likeness (QED) is 0.682. The maximum atomic E-state index is 12.0. The van der Waals surface area contributed by atoms with Gasteiger partial charge in [0.2, 0.25) is 12.6 Å². The van der Waals surface area contributed by atoms with Gasteiger partial charge in [-0.3, -0.25) is 9.36 Å². The Morgan fingerprint density at radius 2 is 1.94 bits per heavy atom. The number of halogens is 2. The van der Waals surface area contributed by atoms with E-state index in [4.69, 9.17) is 11.6 Å². The van der Waals surface area contributed by atoms with Crippen molar-refractivity contribution in [1.82, 2.24) is 0 Å². The summed E-state index contributed by atoms with van der Waals surface area (Å²) in [6.45, 7) is 1.55. The Morgan fingerprint density at radius 1 is 1.44 bits per heavy atom. The fourth-order valence-electron chi connectivity index (χ4n) is 1.25. The predicted molar refractivity (Wildman–Crippen MR) is 68.1 cm³/mol. The fraction of sp³-hybridized carbons (Fsp3) is 0.300. The monoisotopic (exact) mass is 282 g/mol. The molecule has 6 heteroatoms. The Balaban J connectivity index is 0.00000225. The summed E-state index contributed by atoms with van der Waals surface area (Å²) in [6, 6.07) is 8.30. The van der Waals surface area contributed by atoms with E-state index < -0.39 is 18.3 Å². The van der Waals surface area contributed by atoms with Crippen LogP contribution in [0.25, 0.3) is 0 Å². The van der Waals surface area contributed by atoms with Gasteiger partial charge < -0.3 is 4.89 Å². The zero-order valence-electron chi connectivity index (χ0n) is 8.67. The van der Waals surface area contributed by atoms with Gasteiger partial charge in [0.05, 0.1) is 0 Å².